The predicted octanol–water partition coefficient (Wildman–Crippen LogP) is 9.31. The van der Waals surface area contributed by atoms with Crippen molar-refractivity contribution in [2.75, 3.05) is 22.9 Å². The normalized spacial score (nSPS) is 14.3. The molecule has 0 N–H and O–H groups in total. The van der Waals surface area contributed by atoms with Crippen LogP contribution in [0.4, 0.5) is 23.0 Å². The third kappa shape index (κ3) is 6.42. The summed E-state index contributed by atoms with van der Waals surface area (Å²) in [6.45, 7) is 10.7. The maximum absolute atomic E-state index is 6.45. The zero-order valence-electron chi connectivity index (χ0n) is 26.3. The van der Waals surface area contributed by atoms with Gasteiger partial charge in [-0.15, -0.1) is 35.4 Å². The van der Waals surface area contributed by atoms with E-state index in [1.54, 1.807) is 0 Å². The van der Waals surface area contributed by atoms with Crippen LogP contribution in [0.25, 0.3) is 11.1 Å². The summed E-state index contributed by atoms with van der Waals surface area (Å²) >= 11 is 0. The van der Waals surface area contributed by atoms with Crippen LogP contribution in [0.2, 0.25) is 0 Å². The molecule has 0 atom stereocenters. The van der Waals surface area contributed by atoms with Gasteiger partial charge in [0.2, 0.25) is 0 Å². The summed E-state index contributed by atoms with van der Waals surface area (Å²) in [5.41, 5.74) is 9.43. The molecule has 5 nitrogen and oxygen atoms in total. The van der Waals surface area contributed by atoms with E-state index in [9.17, 15) is 0 Å². The fraction of sp³-hybridized carbons (Fsp3) is 0.282. The molecule has 0 fully saturated rings. The summed E-state index contributed by atoms with van der Waals surface area (Å²) in [4.78, 5) is 14.2. The molecule has 0 bridgehead atoms. The van der Waals surface area contributed by atoms with Crippen molar-refractivity contribution >= 4 is 23.0 Å². The topological polar surface area (TPSA) is 41.5 Å². The Bertz CT molecular complexity index is 1810. The quantitative estimate of drug-likeness (QED) is 0.167. The van der Waals surface area contributed by atoms with Crippen LogP contribution in [0, 0.1) is 19.1 Å². The first-order valence-electron chi connectivity index (χ1n) is 15.7. The molecular weight excluding hydrogens is 736 g/mol. The maximum Gasteiger partial charge on any atom is 2.00 e. The smallest absolute Gasteiger partial charge is 0.509 e. The van der Waals surface area contributed by atoms with Crippen LogP contribution in [0.5, 0.6) is 11.5 Å². The van der Waals surface area contributed by atoms with Crippen molar-refractivity contribution in [1.29, 1.82) is 0 Å². The van der Waals surface area contributed by atoms with Crippen LogP contribution in [-0.4, -0.2) is 23.1 Å². The number of pyridine rings is 2. The van der Waals surface area contributed by atoms with E-state index in [0.29, 0.717) is 11.5 Å². The number of aryl methyl sites for hydroxylation is 3. The van der Waals surface area contributed by atoms with Crippen molar-refractivity contribution in [3.05, 3.63) is 120 Å². The van der Waals surface area contributed by atoms with Gasteiger partial charge in [-0.25, -0.2) is 9.97 Å². The Kier molecular flexibility index (Phi) is 8.84. The molecule has 7 rings (SSSR count). The summed E-state index contributed by atoms with van der Waals surface area (Å²) in [5.74, 6) is 3.27. The summed E-state index contributed by atoms with van der Waals surface area (Å²) < 4.78 is 6.45. The maximum atomic E-state index is 6.45. The van der Waals surface area contributed by atoms with Gasteiger partial charge >= 0.3 is 21.1 Å². The van der Waals surface area contributed by atoms with Crippen molar-refractivity contribution < 1.29 is 25.8 Å². The summed E-state index contributed by atoms with van der Waals surface area (Å²) in [6, 6.07) is 32.6. The van der Waals surface area contributed by atoms with Crippen LogP contribution < -0.4 is 14.5 Å². The number of hydrogen-bond donors (Lipinski definition) is 0. The Hall–Kier alpha value is -3.95. The van der Waals surface area contributed by atoms with Crippen LogP contribution in [0.3, 0.4) is 0 Å². The Morgan fingerprint density at radius 1 is 0.733 bits per heavy atom. The number of benzene rings is 3. The van der Waals surface area contributed by atoms with Gasteiger partial charge < -0.3 is 14.5 Å². The van der Waals surface area contributed by atoms with E-state index < -0.39 is 0 Å². The molecule has 2 aliphatic rings. The zero-order valence-corrected chi connectivity index (χ0v) is 28.6. The molecule has 2 aromatic heterocycles. The number of fused-ring (bicyclic) bond motifs is 2. The third-order valence-corrected chi connectivity index (χ3v) is 8.62. The van der Waals surface area contributed by atoms with Crippen molar-refractivity contribution in [3.63, 3.8) is 0 Å². The van der Waals surface area contributed by atoms with Gasteiger partial charge in [-0.3, -0.25) is 0 Å². The van der Waals surface area contributed by atoms with Crippen molar-refractivity contribution in [3.8, 4) is 22.6 Å². The number of ether oxygens (including phenoxy) is 1. The first-order valence-corrected chi connectivity index (χ1v) is 15.7. The second-order valence-corrected chi connectivity index (χ2v) is 12.9. The molecule has 3 aromatic carbocycles. The second kappa shape index (κ2) is 12.8. The van der Waals surface area contributed by atoms with E-state index in [4.69, 9.17) is 9.72 Å². The minimum Gasteiger partial charge on any atom is -0.509 e. The molecule has 0 spiro atoms. The van der Waals surface area contributed by atoms with Crippen LogP contribution in [-0.2, 0) is 39.3 Å². The molecule has 0 amide bonds. The predicted molar refractivity (Wildman–Crippen MR) is 179 cm³/mol. The van der Waals surface area contributed by atoms with E-state index in [2.05, 4.69) is 109 Å². The molecule has 230 valence electrons. The molecule has 0 radical (unpaired) electrons. The summed E-state index contributed by atoms with van der Waals surface area (Å²) in [7, 11) is 0. The Labute approximate surface area is 281 Å². The first-order chi connectivity index (χ1) is 21.3. The van der Waals surface area contributed by atoms with Crippen LogP contribution >= 0.6 is 0 Å². The van der Waals surface area contributed by atoms with E-state index in [1.807, 2.05) is 30.6 Å². The van der Waals surface area contributed by atoms with Gasteiger partial charge in [-0.1, -0.05) is 75.3 Å². The summed E-state index contributed by atoms with van der Waals surface area (Å²) in [5, 5.41) is 0. The van der Waals surface area contributed by atoms with E-state index in [-0.39, 0.29) is 26.5 Å². The van der Waals surface area contributed by atoms with E-state index >= 15 is 0 Å². The molecule has 0 unspecified atom stereocenters. The molecule has 45 heavy (non-hydrogen) atoms. The molecule has 0 saturated heterocycles. The fourth-order valence-electron chi connectivity index (χ4n) is 6.38. The minimum absolute atomic E-state index is 0. The Morgan fingerprint density at radius 3 is 1.91 bits per heavy atom. The zero-order chi connectivity index (χ0) is 30.3. The Balaban J connectivity index is 0.00000357. The van der Waals surface area contributed by atoms with Gasteiger partial charge in [0.05, 0.1) is 0 Å². The monoisotopic (exact) mass is 773 g/mol. The van der Waals surface area contributed by atoms with Gasteiger partial charge in [0.15, 0.2) is 0 Å². The van der Waals surface area contributed by atoms with Gasteiger partial charge in [0.1, 0.15) is 11.6 Å². The van der Waals surface area contributed by atoms with Crippen molar-refractivity contribution in [2.45, 2.75) is 58.8 Å². The molecule has 0 saturated carbocycles. The SMILES string of the molecule is Cc1ccnc(N2CCCc3ccc(Oc4[c-]c5c(cc4)CCCN5c4cc(C(C)(C)C)c(-c5ccccc5)cn4)[c-]c32)c1.[Pt+2]. The van der Waals surface area contributed by atoms with E-state index in [0.717, 1.165) is 61.8 Å². The van der Waals surface area contributed by atoms with Gasteiger partial charge in [-0.2, -0.15) is 12.1 Å². The third-order valence-electron chi connectivity index (χ3n) is 8.62. The van der Waals surface area contributed by atoms with Crippen LogP contribution in [0.15, 0.2) is 85.2 Å². The second-order valence-electron chi connectivity index (χ2n) is 12.9. The first kappa shape index (κ1) is 31.0. The number of nitrogens with zero attached hydrogens (tertiary/aromatic N) is 4. The number of anilines is 4. The fourth-order valence-corrected chi connectivity index (χ4v) is 6.38. The molecule has 2 aliphatic heterocycles. The molecule has 5 aromatic rings. The van der Waals surface area contributed by atoms with Crippen molar-refractivity contribution in [2.24, 2.45) is 0 Å². The number of hydrogen-bond acceptors (Lipinski definition) is 5. The van der Waals surface area contributed by atoms with Gasteiger partial charge in [0.25, 0.3) is 0 Å². The average molecular weight is 774 g/mol. The molecule has 6 heteroatoms. The molecular formula is C39H38N4OPt. The van der Waals surface area contributed by atoms with Gasteiger partial charge in [-0.05, 0) is 60.1 Å². The average Bonchev–Trinajstić information content (AvgIpc) is 3.04. The van der Waals surface area contributed by atoms with Crippen LogP contribution in [0.1, 0.15) is 55.9 Å². The number of rotatable bonds is 5. The van der Waals surface area contributed by atoms with Gasteiger partial charge in [0, 0.05) is 42.5 Å². The summed E-state index contributed by atoms with van der Waals surface area (Å²) in [6.07, 6.45) is 8.11. The molecule has 0 aliphatic carbocycles. The Morgan fingerprint density at radius 2 is 1.33 bits per heavy atom. The number of aromatic nitrogens is 2. The van der Waals surface area contributed by atoms with Crippen molar-refractivity contribution in [1.82, 2.24) is 9.97 Å². The molecule has 4 heterocycles. The largest absolute Gasteiger partial charge is 2.00 e. The minimum atomic E-state index is -0.0414. The standard InChI is InChI=1S/C39H38N4O.Pt/c1-27-18-19-40-37(22-27)42-20-8-12-29-14-16-31(23-35(29)42)44-32-17-15-30-13-9-21-43(36(30)24-32)38-25-34(39(2,3)4)33(26-41-38)28-10-6-5-7-11-28;/h5-7,10-11,14-19,22,25-26H,8-9,12-13,20-21H2,1-4H3;/q-2;+2. The van der Waals surface area contributed by atoms with E-state index in [1.165, 1.54) is 33.4 Å².